The number of hydrogen-bond acceptors (Lipinski definition) is 4. The van der Waals surface area contributed by atoms with Gasteiger partial charge in [0.1, 0.15) is 5.82 Å². The Morgan fingerprint density at radius 1 is 1.44 bits per heavy atom. The second kappa shape index (κ2) is 5.07. The van der Waals surface area contributed by atoms with E-state index in [1.54, 1.807) is 18.3 Å². The van der Waals surface area contributed by atoms with Gasteiger partial charge in [0.05, 0.1) is 11.6 Å². The number of nitrogens with one attached hydrogen (secondary N) is 1. The van der Waals surface area contributed by atoms with Gasteiger partial charge in [0.15, 0.2) is 5.78 Å². The first-order valence-electron chi connectivity index (χ1n) is 5.77. The van der Waals surface area contributed by atoms with Crippen LogP contribution in [0.15, 0.2) is 18.3 Å². The van der Waals surface area contributed by atoms with Crippen molar-refractivity contribution < 1.29 is 4.79 Å². The first kappa shape index (κ1) is 11.1. The van der Waals surface area contributed by atoms with Crippen LogP contribution in [0.3, 0.4) is 0 Å². The largest absolute Gasteiger partial charge is 0.383 e. The van der Waals surface area contributed by atoms with Crippen LogP contribution < -0.4 is 11.1 Å². The molecule has 16 heavy (non-hydrogen) atoms. The maximum Gasteiger partial charge on any atom is 0.183 e. The van der Waals surface area contributed by atoms with Crippen molar-refractivity contribution in [1.29, 1.82) is 0 Å². The van der Waals surface area contributed by atoms with Crippen molar-refractivity contribution in [2.75, 3.05) is 12.3 Å². The lowest BCUT2D eigenvalue weighted by molar-refractivity contribution is 0.0941. The summed E-state index contributed by atoms with van der Waals surface area (Å²) in [6.45, 7) is 0.913. The van der Waals surface area contributed by atoms with Crippen molar-refractivity contribution in [2.45, 2.75) is 31.7 Å². The molecule has 3 N–H and O–H groups in total. The van der Waals surface area contributed by atoms with Crippen molar-refractivity contribution in [3.8, 4) is 0 Å². The van der Waals surface area contributed by atoms with Crippen LogP contribution in [0.25, 0.3) is 0 Å². The number of anilines is 1. The quantitative estimate of drug-likeness (QED) is 0.737. The van der Waals surface area contributed by atoms with E-state index in [1.807, 2.05) is 0 Å². The van der Waals surface area contributed by atoms with E-state index in [2.05, 4.69) is 10.3 Å². The van der Waals surface area contributed by atoms with Crippen LogP contribution in [0.5, 0.6) is 0 Å². The first-order valence-corrected chi connectivity index (χ1v) is 5.77. The normalized spacial score (nSPS) is 21.4. The molecule has 0 amide bonds. The number of hydrogen-bond donors (Lipinski definition) is 2. The van der Waals surface area contributed by atoms with Crippen molar-refractivity contribution in [3.63, 3.8) is 0 Å². The number of Topliss-reactive ketones (excluding diaryl/α,β-unsaturated/α-hetero) is 1. The fourth-order valence-corrected chi connectivity index (χ4v) is 2.07. The molecule has 0 radical (unpaired) electrons. The molecule has 1 aliphatic heterocycles. The molecule has 1 aliphatic rings. The Morgan fingerprint density at radius 2 is 2.31 bits per heavy atom. The lowest BCUT2D eigenvalue weighted by atomic mass is 10.0. The standard InChI is InChI=1S/C12H17N3O/c13-12-9(5-4-8-15-12)11(16)10-6-2-1-3-7-14-10/h4-5,8,10,14H,1-3,6-7H2,(H2,13,15). The number of carbonyl (C=O) groups is 1. The molecule has 86 valence electrons. The Kier molecular flexibility index (Phi) is 3.51. The molecular formula is C12H17N3O. The Morgan fingerprint density at radius 3 is 3.12 bits per heavy atom. The van der Waals surface area contributed by atoms with E-state index < -0.39 is 0 Å². The number of rotatable bonds is 2. The van der Waals surface area contributed by atoms with Crippen molar-refractivity contribution in [1.82, 2.24) is 10.3 Å². The molecule has 0 aliphatic carbocycles. The lowest BCUT2D eigenvalue weighted by Gasteiger charge is -2.14. The summed E-state index contributed by atoms with van der Waals surface area (Å²) in [4.78, 5) is 16.1. The zero-order chi connectivity index (χ0) is 11.4. The van der Waals surface area contributed by atoms with E-state index >= 15 is 0 Å². The van der Waals surface area contributed by atoms with Crippen LogP contribution in [-0.4, -0.2) is 23.4 Å². The maximum absolute atomic E-state index is 12.2. The molecule has 4 heteroatoms. The second-order valence-corrected chi connectivity index (χ2v) is 4.16. The SMILES string of the molecule is Nc1ncccc1C(=O)C1CCCCCN1. The van der Waals surface area contributed by atoms with E-state index in [4.69, 9.17) is 5.73 Å². The summed E-state index contributed by atoms with van der Waals surface area (Å²) in [5.74, 6) is 0.408. The molecular weight excluding hydrogens is 202 g/mol. The number of carbonyl (C=O) groups excluding carboxylic acids is 1. The highest BCUT2D eigenvalue weighted by molar-refractivity contribution is 6.03. The van der Waals surface area contributed by atoms with E-state index in [0.717, 1.165) is 25.8 Å². The predicted octanol–water partition coefficient (Wildman–Crippen LogP) is 1.38. The Balaban J connectivity index is 2.14. The number of nitrogens with two attached hydrogens (primary N) is 1. The van der Waals surface area contributed by atoms with Gasteiger partial charge in [0.25, 0.3) is 0 Å². The Hall–Kier alpha value is -1.42. The van der Waals surface area contributed by atoms with Crippen LogP contribution in [0.4, 0.5) is 5.82 Å². The summed E-state index contributed by atoms with van der Waals surface area (Å²) in [6.07, 6.45) is 5.94. The molecule has 2 rings (SSSR count). The summed E-state index contributed by atoms with van der Waals surface area (Å²) in [5, 5.41) is 3.27. The molecule has 1 aromatic heterocycles. The smallest absolute Gasteiger partial charge is 0.183 e. The summed E-state index contributed by atoms with van der Waals surface area (Å²) < 4.78 is 0. The zero-order valence-electron chi connectivity index (χ0n) is 9.28. The molecule has 1 atom stereocenters. The van der Waals surface area contributed by atoms with Gasteiger partial charge in [0.2, 0.25) is 0 Å². The number of nitrogen functional groups attached to an aromatic ring is 1. The molecule has 1 fully saturated rings. The predicted molar refractivity (Wildman–Crippen MR) is 63.2 cm³/mol. The maximum atomic E-state index is 12.2. The van der Waals surface area contributed by atoms with Crippen LogP contribution in [-0.2, 0) is 0 Å². The van der Waals surface area contributed by atoms with Gasteiger partial charge in [-0.15, -0.1) is 0 Å². The minimum Gasteiger partial charge on any atom is -0.383 e. The van der Waals surface area contributed by atoms with Gasteiger partial charge in [-0.2, -0.15) is 0 Å². The van der Waals surface area contributed by atoms with E-state index in [1.165, 1.54) is 6.42 Å². The van der Waals surface area contributed by atoms with Gasteiger partial charge in [-0.1, -0.05) is 12.8 Å². The topological polar surface area (TPSA) is 68.0 Å². The second-order valence-electron chi connectivity index (χ2n) is 4.16. The van der Waals surface area contributed by atoms with Gasteiger partial charge in [-0.05, 0) is 31.5 Å². The number of nitrogens with zero attached hydrogens (tertiary/aromatic N) is 1. The average molecular weight is 219 g/mol. The van der Waals surface area contributed by atoms with E-state index in [0.29, 0.717) is 11.4 Å². The molecule has 2 heterocycles. The minimum absolute atomic E-state index is 0.0764. The molecule has 4 nitrogen and oxygen atoms in total. The van der Waals surface area contributed by atoms with E-state index in [-0.39, 0.29) is 11.8 Å². The highest BCUT2D eigenvalue weighted by atomic mass is 16.1. The number of pyridine rings is 1. The van der Waals surface area contributed by atoms with Crippen LogP contribution in [0.2, 0.25) is 0 Å². The zero-order valence-corrected chi connectivity index (χ0v) is 9.28. The number of aromatic nitrogens is 1. The van der Waals surface area contributed by atoms with Crippen LogP contribution in [0.1, 0.15) is 36.0 Å². The molecule has 1 unspecified atom stereocenters. The molecule has 0 saturated carbocycles. The highest BCUT2D eigenvalue weighted by Crippen LogP contribution is 2.16. The van der Waals surface area contributed by atoms with Crippen molar-refractivity contribution >= 4 is 11.6 Å². The highest BCUT2D eigenvalue weighted by Gasteiger charge is 2.22. The van der Waals surface area contributed by atoms with Gasteiger partial charge < -0.3 is 11.1 Å². The summed E-state index contributed by atoms with van der Waals surface area (Å²) in [5.41, 5.74) is 6.25. The lowest BCUT2D eigenvalue weighted by Crippen LogP contribution is -2.36. The van der Waals surface area contributed by atoms with Crippen LogP contribution in [0, 0.1) is 0 Å². The third-order valence-corrected chi connectivity index (χ3v) is 2.98. The third kappa shape index (κ3) is 2.39. The Labute approximate surface area is 95.3 Å². The summed E-state index contributed by atoms with van der Waals surface area (Å²) >= 11 is 0. The summed E-state index contributed by atoms with van der Waals surface area (Å²) in [7, 11) is 0. The van der Waals surface area contributed by atoms with Crippen molar-refractivity contribution in [3.05, 3.63) is 23.9 Å². The van der Waals surface area contributed by atoms with E-state index in [9.17, 15) is 4.79 Å². The monoisotopic (exact) mass is 219 g/mol. The fraction of sp³-hybridized carbons (Fsp3) is 0.500. The van der Waals surface area contributed by atoms with Gasteiger partial charge >= 0.3 is 0 Å². The molecule has 0 aromatic carbocycles. The van der Waals surface area contributed by atoms with Crippen LogP contribution >= 0.6 is 0 Å². The van der Waals surface area contributed by atoms with Gasteiger partial charge in [-0.25, -0.2) is 4.98 Å². The van der Waals surface area contributed by atoms with Gasteiger partial charge in [0, 0.05) is 6.20 Å². The molecule has 1 aromatic rings. The molecule has 1 saturated heterocycles. The molecule has 0 spiro atoms. The molecule has 0 bridgehead atoms. The third-order valence-electron chi connectivity index (χ3n) is 2.98. The average Bonchev–Trinajstić information content (AvgIpc) is 2.57. The van der Waals surface area contributed by atoms with Gasteiger partial charge in [-0.3, -0.25) is 4.79 Å². The first-order chi connectivity index (χ1) is 7.79. The Bertz CT molecular complexity index is 370. The fourth-order valence-electron chi connectivity index (χ4n) is 2.07. The summed E-state index contributed by atoms with van der Waals surface area (Å²) in [6, 6.07) is 3.41. The minimum atomic E-state index is -0.0889. The number of ketones is 1. The van der Waals surface area contributed by atoms with Crippen molar-refractivity contribution in [2.24, 2.45) is 0 Å².